The van der Waals surface area contributed by atoms with Crippen molar-refractivity contribution in [3.63, 3.8) is 0 Å². The fraction of sp³-hybridized carbons (Fsp3) is 0.478. The van der Waals surface area contributed by atoms with Gasteiger partial charge in [0.2, 0.25) is 17.7 Å². The molecule has 4 heterocycles. The smallest absolute Gasteiger partial charge is 0.299 e. The summed E-state index contributed by atoms with van der Waals surface area (Å²) in [4.78, 5) is 48.5. The van der Waals surface area contributed by atoms with Gasteiger partial charge in [-0.05, 0) is 37.8 Å². The molecule has 0 spiro atoms. The second-order valence-electron chi connectivity index (χ2n) is 8.91. The number of imide groups is 1. The van der Waals surface area contributed by atoms with Gasteiger partial charge in [-0.25, -0.2) is 0 Å². The van der Waals surface area contributed by atoms with Gasteiger partial charge in [0.15, 0.2) is 5.58 Å². The van der Waals surface area contributed by atoms with Gasteiger partial charge in [-0.15, -0.1) is 0 Å². The number of rotatable bonds is 3. The van der Waals surface area contributed by atoms with Crippen LogP contribution in [0.5, 0.6) is 0 Å². The van der Waals surface area contributed by atoms with Crippen molar-refractivity contribution in [2.24, 2.45) is 11.8 Å². The van der Waals surface area contributed by atoms with Gasteiger partial charge in [0, 0.05) is 19.6 Å². The van der Waals surface area contributed by atoms with Crippen LogP contribution in [-0.2, 0) is 14.4 Å². The number of aromatic nitrogens is 1. The maximum atomic E-state index is 13.2. The molecule has 2 aromatic rings. The molecule has 0 saturated carbocycles. The molecule has 8 heteroatoms. The van der Waals surface area contributed by atoms with E-state index in [1.807, 2.05) is 41.3 Å². The van der Waals surface area contributed by atoms with E-state index in [0.717, 1.165) is 24.9 Å². The van der Waals surface area contributed by atoms with E-state index in [-0.39, 0.29) is 41.6 Å². The molecule has 8 nitrogen and oxygen atoms in total. The van der Waals surface area contributed by atoms with Gasteiger partial charge in [0.25, 0.3) is 6.01 Å². The van der Waals surface area contributed by atoms with Crippen molar-refractivity contribution in [2.75, 3.05) is 24.5 Å². The second kappa shape index (κ2) is 6.93. The quantitative estimate of drug-likeness (QED) is 0.557. The van der Waals surface area contributed by atoms with Crippen molar-refractivity contribution in [2.45, 2.75) is 37.8 Å². The molecule has 3 amide bonds. The molecular weight excluding hydrogens is 396 g/mol. The van der Waals surface area contributed by atoms with Gasteiger partial charge < -0.3 is 14.2 Å². The first-order chi connectivity index (χ1) is 15.1. The summed E-state index contributed by atoms with van der Waals surface area (Å²) >= 11 is 0. The molecule has 160 valence electrons. The number of oxazole rings is 1. The molecule has 1 aromatic carbocycles. The maximum absolute atomic E-state index is 13.2. The van der Waals surface area contributed by atoms with E-state index >= 15 is 0 Å². The van der Waals surface area contributed by atoms with Gasteiger partial charge in [-0.3, -0.25) is 19.3 Å². The van der Waals surface area contributed by atoms with Gasteiger partial charge in [-0.2, -0.15) is 4.98 Å². The van der Waals surface area contributed by atoms with Crippen LogP contribution >= 0.6 is 0 Å². The number of carbonyl (C=O) groups excluding carboxylic acids is 3. The fourth-order valence-electron chi connectivity index (χ4n) is 5.43. The minimum absolute atomic E-state index is 0.0224. The summed E-state index contributed by atoms with van der Waals surface area (Å²) in [6, 6.07) is 7.55. The number of likely N-dealkylation sites (tertiary alicyclic amines) is 2. The van der Waals surface area contributed by atoms with E-state index in [2.05, 4.69) is 4.98 Å². The number of allylic oxidation sites excluding steroid dienone is 2. The Morgan fingerprint density at radius 2 is 1.74 bits per heavy atom. The van der Waals surface area contributed by atoms with Gasteiger partial charge in [0.1, 0.15) is 11.6 Å². The Labute approximate surface area is 179 Å². The largest absolute Gasteiger partial charge is 0.423 e. The predicted molar refractivity (Wildman–Crippen MR) is 112 cm³/mol. The first-order valence-corrected chi connectivity index (χ1v) is 11.0. The lowest BCUT2D eigenvalue weighted by Gasteiger charge is -2.44. The fourth-order valence-corrected chi connectivity index (χ4v) is 5.43. The maximum Gasteiger partial charge on any atom is 0.299 e. The summed E-state index contributed by atoms with van der Waals surface area (Å²) in [6.45, 7) is 1.56. The third-order valence-corrected chi connectivity index (χ3v) is 7.15. The van der Waals surface area contributed by atoms with Crippen molar-refractivity contribution in [1.82, 2.24) is 14.8 Å². The van der Waals surface area contributed by atoms with Crippen LogP contribution in [0.4, 0.5) is 6.01 Å². The van der Waals surface area contributed by atoms with E-state index in [1.165, 1.54) is 4.90 Å². The minimum atomic E-state index is -0.314. The third kappa shape index (κ3) is 2.80. The summed E-state index contributed by atoms with van der Waals surface area (Å²) in [6.07, 6.45) is 6.91. The number of fused-ring (bicyclic) bond motifs is 2. The van der Waals surface area contributed by atoms with E-state index < -0.39 is 0 Å². The number of carbonyl (C=O) groups is 3. The summed E-state index contributed by atoms with van der Waals surface area (Å²) in [5.41, 5.74) is 1.49. The highest BCUT2D eigenvalue weighted by Crippen LogP contribution is 2.38. The van der Waals surface area contributed by atoms with E-state index in [1.54, 1.807) is 4.90 Å². The summed E-state index contributed by atoms with van der Waals surface area (Å²) in [7, 11) is 0. The van der Waals surface area contributed by atoms with Crippen LogP contribution in [0.2, 0.25) is 0 Å². The topological polar surface area (TPSA) is 87.0 Å². The molecule has 3 fully saturated rings. The van der Waals surface area contributed by atoms with Gasteiger partial charge >= 0.3 is 0 Å². The number of benzene rings is 1. The minimum Gasteiger partial charge on any atom is -0.423 e. The molecule has 1 aliphatic carbocycles. The number of nitrogens with zero attached hydrogens (tertiary/aromatic N) is 4. The SMILES string of the molecule is O=C(C1CCCN1c1nc2ccccc2o1)N1CC(N2C(=O)C3CC=CCC3C2=O)C1. The predicted octanol–water partition coefficient (Wildman–Crippen LogP) is 1.96. The molecule has 4 aliphatic rings. The molecule has 0 N–H and O–H groups in total. The molecule has 3 saturated heterocycles. The van der Waals surface area contributed by atoms with Gasteiger partial charge in [0.05, 0.1) is 17.9 Å². The standard InChI is InChI=1S/C23H24N4O4/c28-20-15-6-1-2-7-16(15)21(29)27(20)14-12-25(13-14)22(30)18-9-5-11-26(18)23-24-17-8-3-4-10-19(17)31-23/h1-4,8,10,14-16,18H,5-7,9,11-13H2. The molecular formula is C23H24N4O4. The lowest BCUT2D eigenvalue weighted by Crippen LogP contribution is -2.65. The Morgan fingerprint density at radius 1 is 1.03 bits per heavy atom. The average Bonchev–Trinajstić information content (AvgIpc) is 3.46. The highest BCUT2D eigenvalue weighted by atomic mass is 16.4. The van der Waals surface area contributed by atoms with Crippen molar-refractivity contribution in [1.29, 1.82) is 0 Å². The number of para-hydroxylation sites is 2. The molecule has 6 rings (SSSR count). The van der Waals surface area contributed by atoms with Crippen LogP contribution in [0.25, 0.3) is 11.1 Å². The third-order valence-electron chi connectivity index (χ3n) is 7.15. The monoisotopic (exact) mass is 420 g/mol. The Balaban J connectivity index is 1.14. The molecule has 3 aliphatic heterocycles. The van der Waals surface area contributed by atoms with Crippen molar-refractivity contribution < 1.29 is 18.8 Å². The van der Waals surface area contributed by atoms with Gasteiger partial charge in [-0.1, -0.05) is 24.3 Å². The van der Waals surface area contributed by atoms with Crippen LogP contribution in [0, 0.1) is 11.8 Å². The first kappa shape index (κ1) is 18.6. The lowest BCUT2D eigenvalue weighted by molar-refractivity contribution is -0.153. The lowest BCUT2D eigenvalue weighted by atomic mass is 9.85. The normalized spacial score (nSPS) is 28.5. The molecule has 3 unspecified atom stereocenters. The number of anilines is 1. The van der Waals surface area contributed by atoms with Crippen LogP contribution < -0.4 is 4.90 Å². The van der Waals surface area contributed by atoms with E-state index in [0.29, 0.717) is 37.5 Å². The number of amides is 3. The van der Waals surface area contributed by atoms with E-state index in [4.69, 9.17) is 4.42 Å². The Hall–Kier alpha value is -3.16. The Morgan fingerprint density at radius 3 is 2.45 bits per heavy atom. The van der Waals surface area contributed by atoms with Crippen LogP contribution in [0.3, 0.4) is 0 Å². The summed E-state index contributed by atoms with van der Waals surface area (Å²) in [5, 5.41) is 0. The summed E-state index contributed by atoms with van der Waals surface area (Å²) < 4.78 is 5.89. The molecule has 31 heavy (non-hydrogen) atoms. The molecule has 3 atom stereocenters. The molecule has 0 bridgehead atoms. The molecule has 0 radical (unpaired) electrons. The summed E-state index contributed by atoms with van der Waals surface area (Å²) in [5.74, 6) is -0.538. The zero-order valence-electron chi connectivity index (χ0n) is 17.1. The van der Waals surface area contributed by atoms with Crippen molar-refractivity contribution >= 4 is 34.8 Å². The number of hydrogen-bond donors (Lipinski definition) is 0. The van der Waals surface area contributed by atoms with E-state index in [9.17, 15) is 14.4 Å². The zero-order chi connectivity index (χ0) is 21.1. The zero-order valence-corrected chi connectivity index (χ0v) is 17.1. The average molecular weight is 420 g/mol. The Bertz CT molecular complexity index is 1040. The van der Waals surface area contributed by atoms with Crippen molar-refractivity contribution in [3.8, 4) is 0 Å². The van der Waals surface area contributed by atoms with Crippen LogP contribution in [0.1, 0.15) is 25.7 Å². The van der Waals surface area contributed by atoms with Crippen molar-refractivity contribution in [3.05, 3.63) is 36.4 Å². The molecule has 1 aromatic heterocycles. The first-order valence-electron chi connectivity index (χ1n) is 11.0. The highest BCUT2D eigenvalue weighted by Gasteiger charge is 2.53. The van der Waals surface area contributed by atoms with Crippen LogP contribution in [-0.4, -0.2) is 64.2 Å². The van der Waals surface area contributed by atoms with Crippen LogP contribution in [0.15, 0.2) is 40.8 Å². The highest BCUT2D eigenvalue weighted by molar-refractivity contribution is 6.06. The number of hydrogen-bond acceptors (Lipinski definition) is 6. The Kier molecular flexibility index (Phi) is 4.16. The second-order valence-corrected chi connectivity index (χ2v) is 8.91.